The van der Waals surface area contributed by atoms with Crippen molar-refractivity contribution >= 4 is 33.8 Å². The van der Waals surface area contributed by atoms with Crippen LogP contribution in [-0.4, -0.2) is 33.8 Å². The highest BCUT2D eigenvalue weighted by Gasteiger charge is 2.46. The highest BCUT2D eigenvalue weighted by Crippen LogP contribution is 2.32. The predicted molar refractivity (Wildman–Crippen MR) is 168 cm³/mol. The van der Waals surface area contributed by atoms with Gasteiger partial charge >= 0.3 is 17.1 Å². The predicted octanol–water partition coefficient (Wildman–Crippen LogP) is 11.1. The van der Waals surface area contributed by atoms with E-state index in [0.29, 0.717) is 0 Å². The SMILES string of the molecule is CCCCCCCCCC[Si](C)(O[Si](C)(C)C)O[Si](C)(CCCCCCCCCC)O[Si](C)(C)C. The summed E-state index contributed by atoms with van der Waals surface area (Å²) in [6.07, 6.45) is 21.7. The van der Waals surface area contributed by atoms with E-state index in [-0.39, 0.29) is 0 Å². The van der Waals surface area contributed by atoms with E-state index in [9.17, 15) is 0 Å². The minimum atomic E-state index is -2.27. The molecule has 0 aliphatic carbocycles. The monoisotopic (exact) mass is 562 g/mol. The van der Waals surface area contributed by atoms with E-state index in [0.717, 1.165) is 12.1 Å². The van der Waals surface area contributed by atoms with Gasteiger partial charge in [0.05, 0.1) is 0 Å². The van der Waals surface area contributed by atoms with Gasteiger partial charge in [-0.25, -0.2) is 0 Å². The van der Waals surface area contributed by atoms with Crippen molar-refractivity contribution in [3.05, 3.63) is 0 Å². The van der Waals surface area contributed by atoms with Gasteiger partial charge in [-0.3, -0.25) is 0 Å². The number of hydrogen-bond donors (Lipinski definition) is 0. The van der Waals surface area contributed by atoms with Gasteiger partial charge in [-0.2, -0.15) is 0 Å². The summed E-state index contributed by atoms with van der Waals surface area (Å²) in [6.45, 7) is 23.3. The maximum absolute atomic E-state index is 7.20. The van der Waals surface area contributed by atoms with Crippen molar-refractivity contribution in [2.24, 2.45) is 0 Å². The largest absolute Gasteiger partial charge is 0.437 e. The van der Waals surface area contributed by atoms with Crippen molar-refractivity contribution < 1.29 is 12.3 Å². The van der Waals surface area contributed by atoms with Gasteiger partial charge in [-0.1, -0.05) is 117 Å². The third-order valence-corrected chi connectivity index (χ3v) is 20.8. The zero-order valence-electron chi connectivity index (χ0n) is 26.0. The van der Waals surface area contributed by atoms with E-state index in [1.54, 1.807) is 0 Å². The molecule has 0 radical (unpaired) electrons. The minimum Gasteiger partial charge on any atom is -0.437 e. The molecule has 0 amide bonds. The standard InChI is InChI=1S/C28H66O3Si4/c1-11-13-15-17-19-21-23-25-27-34(9,29-32(3,4)5)31-35(10,30-33(6,7)8)28-26-24-22-20-18-16-14-12-2/h11-28H2,1-10H3. The van der Waals surface area contributed by atoms with Gasteiger partial charge in [0.25, 0.3) is 0 Å². The average molecular weight is 563 g/mol. The Bertz CT molecular complexity index is 463. The molecule has 7 heteroatoms. The van der Waals surface area contributed by atoms with Gasteiger partial charge in [0.2, 0.25) is 0 Å². The second kappa shape index (κ2) is 18.9. The molecule has 0 aromatic carbocycles. The fourth-order valence-electron chi connectivity index (χ4n) is 5.16. The first-order valence-corrected chi connectivity index (χ1v) is 27.2. The fourth-order valence-corrected chi connectivity index (χ4v) is 23.7. The Labute approximate surface area is 226 Å². The average Bonchev–Trinajstić information content (AvgIpc) is 2.69. The van der Waals surface area contributed by atoms with Gasteiger partial charge in [-0.05, 0) is 64.5 Å². The van der Waals surface area contributed by atoms with Crippen LogP contribution >= 0.6 is 0 Å². The summed E-state index contributed by atoms with van der Waals surface area (Å²) in [5, 5.41) is 0. The Morgan fingerprint density at radius 3 is 0.857 bits per heavy atom. The van der Waals surface area contributed by atoms with Gasteiger partial charge in [0.15, 0.2) is 16.6 Å². The third-order valence-electron chi connectivity index (χ3n) is 6.44. The summed E-state index contributed by atoms with van der Waals surface area (Å²) in [7, 11) is -7.92. The van der Waals surface area contributed by atoms with Crippen LogP contribution in [0.15, 0.2) is 0 Å². The van der Waals surface area contributed by atoms with E-state index in [2.05, 4.69) is 66.2 Å². The molecule has 0 rings (SSSR count). The number of hydrogen-bond acceptors (Lipinski definition) is 3. The number of rotatable bonds is 24. The molecule has 0 bridgehead atoms. The summed E-state index contributed by atoms with van der Waals surface area (Å²) >= 11 is 0. The molecule has 0 aromatic heterocycles. The summed E-state index contributed by atoms with van der Waals surface area (Å²) in [5.74, 6) is 0. The maximum atomic E-state index is 7.20. The van der Waals surface area contributed by atoms with E-state index in [1.807, 2.05) is 0 Å². The van der Waals surface area contributed by atoms with E-state index in [1.165, 1.54) is 103 Å². The highest BCUT2D eigenvalue weighted by atomic mass is 28.5. The molecule has 0 saturated heterocycles. The molecule has 3 nitrogen and oxygen atoms in total. The minimum absolute atomic E-state index is 1.13. The third kappa shape index (κ3) is 22.4. The zero-order valence-corrected chi connectivity index (χ0v) is 30.0. The maximum Gasteiger partial charge on any atom is 0.315 e. The van der Waals surface area contributed by atoms with Gasteiger partial charge in [0, 0.05) is 0 Å². The molecule has 0 fully saturated rings. The molecule has 0 aromatic rings. The van der Waals surface area contributed by atoms with Crippen LogP contribution in [0.25, 0.3) is 0 Å². The lowest BCUT2D eigenvalue weighted by atomic mass is 10.1. The second-order valence-electron chi connectivity index (χ2n) is 13.2. The lowest BCUT2D eigenvalue weighted by molar-refractivity contribution is 0.313. The summed E-state index contributed by atoms with van der Waals surface area (Å²) < 4.78 is 21.0. The molecule has 0 spiro atoms. The van der Waals surface area contributed by atoms with Gasteiger partial charge < -0.3 is 12.3 Å². The van der Waals surface area contributed by atoms with Crippen molar-refractivity contribution in [2.75, 3.05) is 0 Å². The smallest absolute Gasteiger partial charge is 0.315 e. The molecular formula is C28H66O3Si4. The molecule has 35 heavy (non-hydrogen) atoms. The first kappa shape index (κ1) is 35.7. The van der Waals surface area contributed by atoms with E-state index in [4.69, 9.17) is 12.3 Å². The van der Waals surface area contributed by atoms with Crippen molar-refractivity contribution in [3.63, 3.8) is 0 Å². The molecular weight excluding hydrogens is 497 g/mol. The van der Waals surface area contributed by atoms with Crippen LogP contribution in [0.3, 0.4) is 0 Å². The van der Waals surface area contributed by atoms with Crippen LogP contribution in [0.2, 0.25) is 64.5 Å². The summed E-state index contributed by atoms with van der Waals surface area (Å²) in [6, 6.07) is 2.25. The lowest BCUT2D eigenvalue weighted by Crippen LogP contribution is -2.58. The topological polar surface area (TPSA) is 27.7 Å². The number of unbranched alkanes of at least 4 members (excludes halogenated alkanes) is 14. The second-order valence-corrected chi connectivity index (χ2v) is 29.7. The summed E-state index contributed by atoms with van der Waals surface area (Å²) in [4.78, 5) is 0. The first-order valence-electron chi connectivity index (χ1n) is 15.3. The molecule has 0 aliphatic heterocycles. The van der Waals surface area contributed by atoms with Crippen LogP contribution in [0.5, 0.6) is 0 Å². The van der Waals surface area contributed by atoms with E-state index >= 15 is 0 Å². The molecule has 0 N–H and O–H groups in total. The summed E-state index contributed by atoms with van der Waals surface area (Å²) in [5.41, 5.74) is 0. The molecule has 0 heterocycles. The Hall–Kier alpha value is 0.748. The highest BCUT2D eigenvalue weighted by molar-refractivity contribution is 6.89. The Morgan fingerprint density at radius 1 is 0.343 bits per heavy atom. The van der Waals surface area contributed by atoms with Crippen LogP contribution in [0, 0.1) is 0 Å². The molecule has 0 saturated carbocycles. The molecule has 0 aliphatic rings. The van der Waals surface area contributed by atoms with Crippen LogP contribution in [0.1, 0.15) is 117 Å². The van der Waals surface area contributed by atoms with Gasteiger partial charge in [-0.15, -0.1) is 0 Å². The first-order chi connectivity index (χ1) is 16.2. The van der Waals surface area contributed by atoms with Crippen LogP contribution in [0.4, 0.5) is 0 Å². The molecule has 2 unspecified atom stereocenters. The Morgan fingerprint density at radius 2 is 0.600 bits per heavy atom. The van der Waals surface area contributed by atoms with Crippen molar-refractivity contribution in [1.82, 2.24) is 0 Å². The molecule has 2 atom stereocenters. The normalized spacial score (nSPS) is 16.3. The van der Waals surface area contributed by atoms with E-state index < -0.39 is 33.8 Å². The Balaban J connectivity index is 4.96. The quantitative estimate of drug-likeness (QED) is 0.0864. The Kier molecular flexibility index (Phi) is 19.3. The van der Waals surface area contributed by atoms with Crippen LogP contribution < -0.4 is 0 Å². The van der Waals surface area contributed by atoms with Crippen molar-refractivity contribution in [3.8, 4) is 0 Å². The fraction of sp³-hybridized carbons (Fsp3) is 1.00. The van der Waals surface area contributed by atoms with Crippen molar-refractivity contribution in [1.29, 1.82) is 0 Å². The molecule has 212 valence electrons. The van der Waals surface area contributed by atoms with Crippen LogP contribution in [-0.2, 0) is 12.3 Å². The van der Waals surface area contributed by atoms with Gasteiger partial charge in [0.1, 0.15) is 0 Å². The van der Waals surface area contributed by atoms with Crippen molar-refractivity contribution in [2.45, 2.75) is 181 Å². The lowest BCUT2D eigenvalue weighted by Gasteiger charge is -2.43. The zero-order chi connectivity index (χ0) is 26.8.